The quantitative estimate of drug-likeness (QED) is 0.921. The van der Waals surface area contributed by atoms with Crippen molar-refractivity contribution in [3.05, 3.63) is 45.2 Å². The molecule has 1 aliphatic heterocycles. The van der Waals surface area contributed by atoms with Gasteiger partial charge in [-0.3, -0.25) is 0 Å². The molecule has 3 rings (SSSR count). The van der Waals surface area contributed by atoms with E-state index in [2.05, 4.69) is 36.7 Å². The van der Waals surface area contributed by atoms with E-state index in [1.165, 1.54) is 21.8 Å². The molecule has 2 aromatic heterocycles. The van der Waals surface area contributed by atoms with E-state index in [9.17, 15) is 0 Å². The Morgan fingerprint density at radius 2 is 2.22 bits per heavy atom. The molecule has 0 fully saturated rings. The third kappa shape index (κ3) is 2.18. The molecule has 94 valence electrons. The van der Waals surface area contributed by atoms with E-state index in [1.54, 1.807) is 11.3 Å². The second-order valence-corrected chi connectivity index (χ2v) is 6.00. The van der Waals surface area contributed by atoms with Crippen molar-refractivity contribution in [2.45, 2.75) is 39.3 Å². The smallest absolute Gasteiger partial charge is 0.134 e. The first-order valence-electron chi connectivity index (χ1n) is 6.35. The fraction of sp³-hybridized carbons (Fsp3) is 0.429. The average Bonchev–Trinajstić information content (AvgIpc) is 2.98. The van der Waals surface area contributed by atoms with Gasteiger partial charge in [0.2, 0.25) is 0 Å². The predicted octanol–water partition coefficient (Wildman–Crippen LogP) is 2.86. The summed E-state index contributed by atoms with van der Waals surface area (Å²) in [6.07, 6.45) is 0.852. The van der Waals surface area contributed by atoms with Crippen molar-refractivity contribution in [1.29, 1.82) is 0 Å². The zero-order valence-corrected chi connectivity index (χ0v) is 11.5. The predicted molar refractivity (Wildman–Crippen MR) is 73.8 cm³/mol. The average molecular weight is 259 g/mol. The fourth-order valence-corrected chi connectivity index (χ4v) is 3.07. The second-order valence-electron chi connectivity index (χ2n) is 4.96. The lowest BCUT2D eigenvalue weighted by Crippen LogP contribution is -2.07. The van der Waals surface area contributed by atoms with Crippen molar-refractivity contribution < 1.29 is 0 Å². The van der Waals surface area contributed by atoms with Crippen LogP contribution in [-0.2, 0) is 19.5 Å². The molecule has 4 heteroatoms. The minimum Gasteiger partial charge on any atom is -0.307 e. The molecule has 0 radical (unpaired) electrons. The molecule has 3 nitrogen and oxygen atoms in total. The van der Waals surface area contributed by atoms with Crippen molar-refractivity contribution in [1.82, 2.24) is 15.3 Å². The Morgan fingerprint density at radius 1 is 1.33 bits per heavy atom. The van der Waals surface area contributed by atoms with Crippen LogP contribution in [0.15, 0.2) is 17.5 Å². The Labute approximate surface area is 111 Å². The zero-order chi connectivity index (χ0) is 12.5. The maximum atomic E-state index is 4.77. The number of nitrogens with one attached hydrogen (secondary N) is 1. The van der Waals surface area contributed by atoms with Gasteiger partial charge in [0.15, 0.2) is 0 Å². The van der Waals surface area contributed by atoms with Gasteiger partial charge in [0, 0.05) is 30.0 Å². The van der Waals surface area contributed by atoms with Crippen molar-refractivity contribution in [3.8, 4) is 0 Å². The molecule has 2 aromatic rings. The van der Waals surface area contributed by atoms with Crippen LogP contribution in [0.4, 0.5) is 0 Å². The Morgan fingerprint density at radius 3 is 2.94 bits per heavy atom. The summed E-state index contributed by atoms with van der Waals surface area (Å²) in [6, 6.07) is 4.23. The highest BCUT2D eigenvalue weighted by molar-refractivity contribution is 7.09. The lowest BCUT2D eigenvalue weighted by atomic mass is 10.0. The van der Waals surface area contributed by atoms with Crippen LogP contribution >= 0.6 is 11.3 Å². The largest absolute Gasteiger partial charge is 0.307 e. The maximum Gasteiger partial charge on any atom is 0.134 e. The van der Waals surface area contributed by atoms with E-state index in [4.69, 9.17) is 9.97 Å². The summed E-state index contributed by atoms with van der Waals surface area (Å²) < 4.78 is 0. The molecule has 0 saturated carbocycles. The maximum absolute atomic E-state index is 4.77. The Kier molecular flexibility index (Phi) is 3.14. The number of aromatic nitrogens is 2. The van der Waals surface area contributed by atoms with Gasteiger partial charge in [-0.15, -0.1) is 11.3 Å². The molecule has 18 heavy (non-hydrogen) atoms. The second kappa shape index (κ2) is 4.78. The molecular weight excluding hydrogens is 242 g/mol. The molecule has 0 unspecified atom stereocenters. The third-order valence-electron chi connectivity index (χ3n) is 3.22. The van der Waals surface area contributed by atoms with Crippen molar-refractivity contribution in [3.63, 3.8) is 0 Å². The van der Waals surface area contributed by atoms with Gasteiger partial charge in [-0.2, -0.15) is 0 Å². The summed E-state index contributed by atoms with van der Waals surface area (Å²) in [7, 11) is 0. The fourth-order valence-electron chi connectivity index (χ4n) is 2.37. The van der Waals surface area contributed by atoms with E-state index >= 15 is 0 Å². The number of hydrogen-bond acceptors (Lipinski definition) is 4. The summed E-state index contributed by atoms with van der Waals surface area (Å²) in [5.41, 5.74) is 3.73. The molecule has 0 bridgehead atoms. The van der Waals surface area contributed by atoms with Crippen LogP contribution in [-0.4, -0.2) is 9.97 Å². The highest BCUT2D eigenvalue weighted by atomic mass is 32.1. The first-order chi connectivity index (χ1) is 8.74. The molecular formula is C14H17N3S. The highest BCUT2D eigenvalue weighted by Crippen LogP contribution is 2.24. The van der Waals surface area contributed by atoms with Gasteiger partial charge in [-0.05, 0) is 17.4 Å². The molecule has 0 saturated heterocycles. The van der Waals surface area contributed by atoms with Crippen molar-refractivity contribution >= 4 is 11.3 Å². The molecule has 0 amide bonds. The summed E-state index contributed by atoms with van der Waals surface area (Å²) in [4.78, 5) is 10.8. The van der Waals surface area contributed by atoms with Crippen molar-refractivity contribution in [2.24, 2.45) is 0 Å². The van der Waals surface area contributed by atoms with Crippen LogP contribution in [0.25, 0.3) is 0 Å². The van der Waals surface area contributed by atoms with Gasteiger partial charge in [0.1, 0.15) is 5.82 Å². The molecule has 3 heterocycles. The van der Waals surface area contributed by atoms with Gasteiger partial charge in [0.05, 0.1) is 11.4 Å². The summed E-state index contributed by atoms with van der Waals surface area (Å²) in [5, 5.41) is 5.47. The summed E-state index contributed by atoms with van der Waals surface area (Å²) >= 11 is 1.77. The molecule has 0 spiro atoms. The van der Waals surface area contributed by atoms with Crippen LogP contribution < -0.4 is 5.32 Å². The highest BCUT2D eigenvalue weighted by Gasteiger charge is 2.20. The number of hydrogen-bond donors (Lipinski definition) is 1. The molecule has 1 aliphatic rings. The summed E-state index contributed by atoms with van der Waals surface area (Å²) in [5.74, 6) is 1.42. The van der Waals surface area contributed by atoms with E-state index in [0.29, 0.717) is 5.92 Å². The first-order valence-corrected chi connectivity index (χ1v) is 7.23. The standard InChI is InChI=1S/C14H17N3S/c1-9(2)14-11-7-15-8-12(11)16-13(17-14)6-10-4-3-5-18-10/h3-5,9,15H,6-8H2,1-2H3. The van der Waals surface area contributed by atoms with Crippen molar-refractivity contribution in [2.75, 3.05) is 0 Å². The zero-order valence-electron chi connectivity index (χ0n) is 10.7. The van der Waals surface area contributed by atoms with Gasteiger partial charge < -0.3 is 5.32 Å². The van der Waals surface area contributed by atoms with E-state index in [-0.39, 0.29) is 0 Å². The van der Waals surface area contributed by atoms with Crippen LogP contribution in [0.5, 0.6) is 0 Å². The first kappa shape index (κ1) is 11.8. The number of rotatable bonds is 3. The Bertz CT molecular complexity index is 546. The Hall–Kier alpha value is -1.26. The van der Waals surface area contributed by atoms with Gasteiger partial charge >= 0.3 is 0 Å². The molecule has 1 N–H and O–H groups in total. The lowest BCUT2D eigenvalue weighted by molar-refractivity contribution is 0.745. The SMILES string of the molecule is CC(C)c1nc(Cc2cccs2)nc2c1CNC2. The number of nitrogens with zero attached hydrogens (tertiary/aromatic N) is 2. The summed E-state index contributed by atoms with van der Waals surface area (Å²) in [6.45, 7) is 6.21. The van der Waals surface area contributed by atoms with Gasteiger partial charge in [0.25, 0.3) is 0 Å². The lowest BCUT2D eigenvalue weighted by Gasteiger charge is -2.11. The van der Waals surface area contributed by atoms with E-state index in [0.717, 1.165) is 25.3 Å². The minimum absolute atomic E-state index is 0.462. The number of fused-ring (bicyclic) bond motifs is 1. The normalized spacial score (nSPS) is 14.2. The minimum atomic E-state index is 0.462. The van der Waals surface area contributed by atoms with Crippen LogP contribution in [0, 0.1) is 0 Å². The van der Waals surface area contributed by atoms with E-state index in [1.807, 2.05) is 0 Å². The van der Waals surface area contributed by atoms with Crippen LogP contribution in [0.3, 0.4) is 0 Å². The molecule has 0 aromatic carbocycles. The van der Waals surface area contributed by atoms with Crippen LogP contribution in [0.2, 0.25) is 0 Å². The third-order valence-corrected chi connectivity index (χ3v) is 4.10. The Balaban J connectivity index is 1.98. The van der Waals surface area contributed by atoms with Gasteiger partial charge in [-0.25, -0.2) is 9.97 Å². The monoisotopic (exact) mass is 259 g/mol. The molecule has 0 aliphatic carbocycles. The van der Waals surface area contributed by atoms with E-state index < -0.39 is 0 Å². The molecule has 0 atom stereocenters. The van der Waals surface area contributed by atoms with Gasteiger partial charge in [-0.1, -0.05) is 19.9 Å². The number of thiophene rings is 1. The topological polar surface area (TPSA) is 37.8 Å². The van der Waals surface area contributed by atoms with Crippen LogP contribution in [0.1, 0.15) is 47.4 Å².